The third-order valence-corrected chi connectivity index (χ3v) is 4.28. The standard InChI is InChI=1S/C16H18N2O5S/c1-22-14-8-3-11(9-15(14)23-2)10-18-16(19)12-4-6-13(7-5-12)24(17,20)21/h3-9H,10H2,1-2H3,(H,18,19)(H2,17,20,21). The average molecular weight is 350 g/mol. The van der Waals surface area contributed by atoms with Gasteiger partial charge in [0, 0.05) is 12.1 Å². The molecule has 0 aliphatic rings. The van der Waals surface area contributed by atoms with Crippen LogP contribution in [0.1, 0.15) is 15.9 Å². The fraction of sp³-hybridized carbons (Fsp3) is 0.188. The van der Waals surface area contributed by atoms with E-state index in [1.165, 1.54) is 31.4 Å². The van der Waals surface area contributed by atoms with Gasteiger partial charge in [-0.25, -0.2) is 13.6 Å². The highest BCUT2D eigenvalue weighted by Gasteiger charge is 2.11. The lowest BCUT2D eigenvalue weighted by Crippen LogP contribution is -2.23. The maximum atomic E-state index is 12.1. The van der Waals surface area contributed by atoms with E-state index in [-0.39, 0.29) is 17.3 Å². The summed E-state index contributed by atoms with van der Waals surface area (Å²) in [6, 6.07) is 10.7. The van der Waals surface area contributed by atoms with Crippen LogP contribution in [0.25, 0.3) is 0 Å². The molecule has 0 heterocycles. The van der Waals surface area contributed by atoms with Crippen molar-refractivity contribution in [3.05, 3.63) is 53.6 Å². The van der Waals surface area contributed by atoms with Gasteiger partial charge in [0.1, 0.15) is 0 Å². The Hall–Kier alpha value is -2.58. The Balaban J connectivity index is 2.05. The quantitative estimate of drug-likeness (QED) is 0.816. The molecule has 0 aliphatic carbocycles. The number of benzene rings is 2. The molecular weight excluding hydrogens is 332 g/mol. The SMILES string of the molecule is COc1ccc(CNC(=O)c2ccc(S(N)(=O)=O)cc2)cc1OC. The van der Waals surface area contributed by atoms with Gasteiger partial charge in [-0.1, -0.05) is 6.07 Å². The van der Waals surface area contributed by atoms with Crippen LogP contribution in [-0.4, -0.2) is 28.5 Å². The van der Waals surface area contributed by atoms with Gasteiger partial charge in [-0.3, -0.25) is 4.79 Å². The molecule has 0 aliphatic heterocycles. The van der Waals surface area contributed by atoms with Crippen LogP contribution in [0.5, 0.6) is 11.5 Å². The Labute approximate surface area is 140 Å². The largest absolute Gasteiger partial charge is 0.493 e. The molecule has 7 nitrogen and oxygen atoms in total. The molecule has 0 spiro atoms. The number of ether oxygens (including phenoxy) is 2. The summed E-state index contributed by atoms with van der Waals surface area (Å²) in [6.45, 7) is 0.288. The first kappa shape index (κ1) is 17.8. The molecule has 0 aromatic heterocycles. The number of nitrogens with one attached hydrogen (secondary N) is 1. The minimum atomic E-state index is -3.77. The maximum absolute atomic E-state index is 12.1. The third-order valence-electron chi connectivity index (χ3n) is 3.35. The Morgan fingerprint density at radius 3 is 2.21 bits per heavy atom. The molecule has 0 saturated carbocycles. The highest BCUT2D eigenvalue weighted by Crippen LogP contribution is 2.27. The molecule has 0 unspecified atom stereocenters. The number of hydrogen-bond acceptors (Lipinski definition) is 5. The van der Waals surface area contributed by atoms with Crippen molar-refractivity contribution in [2.24, 2.45) is 5.14 Å². The van der Waals surface area contributed by atoms with Crippen molar-refractivity contribution in [1.29, 1.82) is 0 Å². The first-order chi connectivity index (χ1) is 11.3. The van der Waals surface area contributed by atoms with Gasteiger partial charge in [0.15, 0.2) is 11.5 Å². The zero-order valence-electron chi connectivity index (χ0n) is 13.3. The topological polar surface area (TPSA) is 108 Å². The van der Waals surface area contributed by atoms with E-state index in [1.54, 1.807) is 19.2 Å². The predicted octanol–water partition coefficient (Wildman–Crippen LogP) is 1.28. The highest BCUT2D eigenvalue weighted by atomic mass is 32.2. The second kappa shape index (κ2) is 7.33. The van der Waals surface area contributed by atoms with Crippen molar-refractivity contribution in [3.8, 4) is 11.5 Å². The van der Waals surface area contributed by atoms with Crippen LogP contribution in [0.15, 0.2) is 47.4 Å². The Kier molecular flexibility index (Phi) is 5.42. The van der Waals surface area contributed by atoms with Crippen LogP contribution in [0.4, 0.5) is 0 Å². The Morgan fingerprint density at radius 1 is 1.04 bits per heavy atom. The lowest BCUT2D eigenvalue weighted by Gasteiger charge is -2.10. The molecule has 8 heteroatoms. The Morgan fingerprint density at radius 2 is 1.67 bits per heavy atom. The zero-order valence-corrected chi connectivity index (χ0v) is 14.1. The lowest BCUT2D eigenvalue weighted by atomic mass is 10.1. The number of nitrogens with two attached hydrogens (primary N) is 1. The highest BCUT2D eigenvalue weighted by molar-refractivity contribution is 7.89. The number of sulfonamides is 1. The first-order valence-corrected chi connectivity index (χ1v) is 8.51. The van der Waals surface area contributed by atoms with Crippen LogP contribution < -0.4 is 19.9 Å². The normalized spacial score (nSPS) is 11.0. The second-order valence-corrected chi connectivity index (χ2v) is 6.50. The van der Waals surface area contributed by atoms with Gasteiger partial charge in [-0.05, 0) is 42.0 Å². The fourth-order valence-electron chi connectivity index (χ4n) is 2.07. The van der Waals surface area contributed by atoms with Crippen LogP contribution in [0.3, 0.4) is 0 Å². The lowest BCUT2D eigenvalue weighted by molar-refractivity contribution is 0.0950. The molecule has 24 heavy (non-hydrogen) atoms. The minimum absolute atomic E-state index is 0.0426. The van der Waals surface area contributed by atoms with Gasteiger partial charge in [-0.2, -0.15) is 0 Å². The van der Waals surface area contributed by atoms with Crippen LogP contribution in [0, 0.1) is 0 Å². The summed E-state index contributed by atoms with van der Waals surface area (Å²) in [7, 11) is -0.691. The monoisotopic (exact) mass is 350 g/mol. The second-order valence-electron chi connectivity index (χ2n) is 4.94. The molecule has 0 fully saturated rings. The van der Waals surface area contributed by atoms with E-state index >= 15 is 0 Å². The number of carbonyl (C=O) groups is 1. The molecule has 2 aromatic rings. The van der Waals surface area contributed by atoms with Crippen molar-refractivity contribution < 1.29 is 22.7 Å². The van der Waals surface area contributed by atoms with Crippen LogP contribution in [0.2, 0.25) is 0 Å². The summed E-state index contributed by atoms with van der Waals surface area (Å²) in [5.41, 5.74) is 1.17. The molecule has 0 bridgehead atoms. The van der Waals surface area contributed by atoms with E-state index in [0.29, 0.717) is 17.1 Å². The number of rotatable bonds is 6. The molecule has 3 N–H and O–H groups in total. The molecule has 0 atom stereocenters. The van der Waals surface area contributed by atoms with Gasteiger partial charge >= 0.3 is 0 Å². The van der Waals surface area contributed by atoms with Gasteiger partial charge in [0.05, 0.1) is 19.1 Å². The molecule has 2 aromatic carbocycles. The fourth-order valence-corrected chi connectivity index (χ4v) is 2.59. The molecule has 1 amide bonds. The summed E-state index contributed by atoms with van der Waals surface area (Å²) >= 11 is 0. The van der Waals surface area contributed by atoms with E-state index in [9.17, 15) is 13.2 Å². The average Bonchev–Trinajstić information content (AvgIpc) is 2.58. The van der Waals surface area contributed by atoms with Crippen molar-refractivity contribution in [1.82, 2.24) is 5.32 Å². The number of methoxy groups -OCH3 is 2. The Bertz CT molecular complexity index is 832. The predicted molar refractivity (Wildman–Crippen MR) is 88.5 cm³/mol. The zero-order chi connectivity index (χ0) is 17.7. The van der Waals surface area contributed by atoms with Crippen LogP contribution in [-0.2, 0) is 16.6 Å². The van der Waals surface area contributed by atoms with E-state index in [0.717, 1.165) is 5.56 Å². The smallest absolute Gasteiger partial charge is 0.251 e. The van der Waals surface area contributed by atoms with Gasteiger partial charge < -0.3 is 14.8 Å². The molecule has 0 radical (unpaired) electrons. The summed E-state index contributed by atoms with van der Waals surface area (Å²) in [5.74, 6) is 0.846. The summed E-state index contributed by atoms with van der Waals surface area (Å²) in [5, 5.41) is 7.76. The van der Waals surface area contributed by atoms with E-state index in [4.69, 9.17) is 14.6 Å². The minimum Gasteiger partial charge on any atom is -0.493 e. The number of carbonyl (C=O) groups excluding carboxylic acids is 1. The van der Waals surface area contributed by atoms with Crippen molar-refractivity contribution in [3.63, 3.8) is 0 Å². The summed E-state index contributed by atoms with van der Waals surface area (Å²) in [6.07, 6.45) is 0. The van der Waals surface area contributed by atoms with E-state index in [1.807, 2.05) is 6.07 Å². The van der Waals surface area contributed by atoms with Crippen molar-refractivity contribution in [2.45, 2.75) is 11.4 Å². The van der Waals surface area contributed by atoms with Crippen LogP contribution >= 0.6 is 0 Å². The molecule has 128 valence electrons. The maximum Gasteiger partial charge on any atom is 0.251 e. The van der Waals surface area contributed by atoms with Crippen molar-refractivity contribution in [2.75, 3.05) is 14.2 Å². The summed E-state index contributed by atoms with van der Waals surface area (Å²) in [4.78, 5) is 12.1. The number of amides is 1. The van der Waals surface area contributed by atoms with E-state index in [2.05, 4.69) is 5.32 Å². The molecular formula is C16H18N2O5S. The van der Waals surface area contributed by atoms with Gasteiger partial charge in [0.25, 0.3) is 5.91 Å². The molecule has 0 saturated heterocycles. The van der Waals surface area contributed by atoms with Gasteiger partial charge in [-0.15, -0.1) is 0 Å². The molecule has 2 rings (SSSR count). The first-order valence-electron chi connectivity index (χ1n) is 6.97. The van der Waals surface area contributed by atoms with Crippen molar-refractivity contribution >= 4 is 15.9 Å². The third kappa shape index (κ3) is 4.24. The summed E-state index contributed by atoms with van der Waals surface area (Å²) < 4.78 is 32.7. The number of hydrogen-bond donors (Lipinski definition) is 2. The van der Waals surface area contributed by atoms with E-state index < -0.39 is 10.0 Å². The number of primary sulfonamides is 1. The van der Waals surface area contributed by atoms with Gasteiger partial charge in [0.2, 0.25) is 10.0 Å².